The Morgan fingerprint density at radius 3 is 2.50 bits per heavy atom. The van der Waals surface area contributed by atoms with Crippen LogP contribution in [0.15, 0.2) is 70.6 Å². The van der Waals surface area contributed by atoms with E-state index in [1.165, 1.54) is 41.8 Å². The first-order valence-electron chi connectivity index (χ1n) is 13.1. The zero-order valence-corrected chi connectivity index (χ0v) is 22.4. The number of aromatic hydroxyl groups is 1. The number of carbonyl (C=O) groups is 2. The molecule has 0 aliphatic carbocycles. The van der Waals surface area contributed by atoms with Crippen LogP contribution in [0.3, 0.4) is 0 Å². The molecule has 12 heteroatoms. The van der Waals surface area contributed by atoms with Gasteiger partial charge in [0.15, 0.2) is 0 Å². The number of benzene rings is 3. The highest BCUT2D eigenvalue weighted by Gasteiger charge is 2.42. The SMILES string of the molecule is CC1(C(=O)Nc2ccc(F)cc2O)CC(c2ccc3c(=O)n(-c4ccc(F)cc4)c(CCCCC(=O)O)nc3c2)=NO1. The minimum absolute atomic E-state index is 0.0166. The van der Waals surface area contributed by atoms with E-state index in [0.717, 1.165) is 12.1 Å². The Morgan fingerprint density at radius 2 is 1.79 bits per heavy atom. The molecule has 1 unspecified atom stereocenters. The van der Waals surface area contributed by atoms with Crippen molar-refractivity contribution in [3.8, 4) is 11.4 Å². The van der Waals surface area contributed by atoms with Crippen molar-refractivity contribution in [2.24, 2.45) is 5.16 Å². The number of hydrogen-bond acceptors (Lipinski definition) is 7. The monoisotopic (exact) mass is 576 g/mol. The number of aryl methyl sites for hydroxylation is 1. The molecule has 1 amide bonds. The molecule has 216 valence electrons. The van der Waals surface area contributed by atoms with Gasteiger partial charge in [-0.15, -0.1) is 0 Å². The van der Waals surface area contributed by atoms with Gasteiger partial charge in [-0.1, -0.05) is 11.2 Å². The van der Waals surface area contributed by atoms with E-state index in [4.69, 9.17) is 14.9 Å². The number of phenolic OH excluding ortho intramolecular Hbond substituents is 1. The Balaban J connectivity index is 1.43. The van der Waals surface area contributed by atoms with Gasteiger partial charge in [-0.2, -0.15) is 0 Å². The molecule has 1 aliphatic heterocycles. The molecule has 10 nitrogen and oxygen atoms in total. The zero-order valence-electron chi connectivity index (χ0n) is 22.4. The quantitative estimate of drug-likeness (QED) is 0.194. The highest BCUT2D eigenvalue weighted by Crippen LogP contribution is 2.31. The predicted octanol–water partition coefficient (Wildman–Crippen LogP) is 4.69. The summed E-state index contributed by atoms with van der Waals surface area (Å²) in [4.78, 5) is 47.7. The first kappa shape index (κ1) is 28.4. The summed E-state index contributed by atoms with van der Waals surface area (Å²) < 4.78 is 28.3. The van der Waals surface area contributed by atoms with E-state index in [-0.39, 0.29) is 24.1 Å². The molecule has 3 N–H and O–H groups in total. The molecule has 0 fully saturated rings. The highest BCUT2D eigenvalue weighted by atomic mass is 19.1. The molecule has 3 aromatic carbocycles. The largest absolute Gasteiger partial charge is 0.506 e. The number of phenols is 1. The minimum atomic E-state index is -1.43. The lowest BCUT2D eigenvalue weighted by atomic mass is 9.94. The van der Waals surface area contributed by atoms with Crippen molar-refractivity contribution in [2.45, 2.75) is 44.6 Å². The Kier molecular flexibility index (Phi) is 7.70. The Labute approximate surface area is 237 Å². The van der Waals surface area contributed by atoms with E-state index in [1.807, 2.05) is 0 Å². The number of carboxylic acid groups (broad SMARTS) is 1. The number of rotatable bonds is 9. The van der Waals surface area contributed by atoms with Crippen LogP contribution in [-0.2, 0) is 20.8 Å². The van der Waals surface area contributed by atoms with Crippen LogP contribution in [0.2, 0.25) is 0 Å². The van der Waals surface area contributed by atoms with Gasteiger partial charge in [0.2, 0.25) is 5.60 Å². The van der Waals surface area contributed by atoms with E-state index >= 15 is 0 Å². The van der Waals surface area contributed by atoms with Crippen LogP contribution in [-0.4, -0.2) is 43.0 Å². The van der Waals surface area contributed by atoms with Gasteiger partial charge < -0.3 is 20.4 Å². The predicted molar refractivity (Wildman–Crippen MR) is 150 cm³/mol. The number of amides is 1. The number of hydrogen-bond donors (Lipinski definition) is 3. The van der Waals surface area contributed by atoms with Gasteiger partial charge in [0.05, 0.1) is 28.0 Å². The lowest BCUT2D eigenvalue weighted by Gasteiger charge is -2.20. The van der Waals surface area contributed by atoms with Crippen molar-refractivity contribution < 1.29 is 33.4 Å². The summed E-state index contributed by atoms with van der Waals surface area (Å²) in [6, 6.07) is 13.5. The first-order valence-corrected chi connectivity index (χ1v) is 13.1. The van der Waals surface area contributed by atoms with E-state index in [0.29, 0.717) is 53.0 Å². The number of anilines is 1. The van der Waals surface area contributed by atoms with E-state index in [2.05, 4.69) is 10.5 Å². The number of nitrogens with one attached hydrogen (secondary N) is 1. The van der Waals surface area contributed by atoms with Crippen LogP contribution in [0.4, 0.5) is 14.5 Å². The summed E-state index contributed by atoms with van der Waals surface area (Å²) in [6.45, 7) is 1.52. The first-order chi connectivity index (χ1) is 20.0. The van der Waals surface area contributed by atoms with Crippen molar-refractivity contribution in [2.75, 3.05) is 5.32 Å². The standard InChI is InChI=1S/C30H26F2N4O6/c1-30(29(41)34-22-13-9-19(32)15-25(22)37)16-24(35-42-30)17-6-12-21-23(14-17)33-26(4-2-3-5-27(38)39)36(28(21)40)20-10-7-18(31)8-11-20/h6-15,37H,2-5,16H2,1H3,(H,34,41)(H,38,39). The molecule has 1 aliphatic rings. The second-order valence-corrected chi connectivity index (χ2v) is 10.1. The van der Waals surface area contributed by atoms with Crippen LogP contribution in [0.25, 0.3) is 16.6 Å². The summed E-state index contributed by atoms with van der Waals surface area (Å²) in [5.74, 6) is -2.68. The number of halogens is 2. The van der Waals surface area contributed by atoms with Crippen LogP contribution in [0.1, 0.15) is 44.0 Å². The number of unbranched alkanes of at least 4 members (excludes halogenated alkanes) is 1. The maximum atomic E-state index is 13.6. The van der Waals surface area contributed by atoms with Gasteiger partial charge in [0, 0.05) is 30.9 Å². The molecule has 0 radical (unpaired) electrons. The molecular formula is C30H26F2N4O6. The lowest BCUT2D eigenvalue weighted by molar-refractivity contribution is -0.137. The van der Waals surface area contributed by atoms with Crippen LogP contribution >= 0.6 is 0 Å². The molecule has 1 atom stereocenters. The maximum absolute atomic E-state index is 13.6. The van der Waals surface area contributed by atoms with Crippen molar-refractivity contribution in [3.63, 3.8) is 0 Å². The van der Waals surface area contributed by atoms with E-state index in [9.17, 15) is 28.3 Å². The summed E-state index contributed by atoms with van der Waals surface area (Å²) in [5.41, 5.74) is -0.0175. The molecule has 0 spiro atoms. The molecule has 0 saturated heterocycles. The third-order valence-electron chi connectivity index (χ3n) is 6.95. The van der Waals surface area contributed by atoms with Gasteiger partial charge in [0.1, 0.15) is 23.2 Å². The van der Waals surface area contributed by atoms with Gasteiger partial charge in [-0.3, -0.25) is 19.0 Å². The fourth-order valence-electron chi connectivity index (χ4n) is 4.68. The molecule has 5 rings (SSSR count). The van der Waals surface area contributed by atoms with Crippen LogP contribution in [0.5, 0.6) is 5.75 Å². The minimum Gasteiger partial charge on any atom is -0.506 e. The molecule has 4 aromatic rings. The maximum Gasteiger partial charge on any atom is 0.303 e. The number of aliphatic carboxylic acids is 1. The number of oxime groups is 1. The summed E-state index contributed by atoms with van der Waals surface area (Å²) in [7, 11) is 0. The second-order valence-electron chi connectivity index (χ2n) is 10.1. The topological polar surface area (TPSA) is 143 Å². The summed E-state index contributed by atoms with van der Waals surface area (Å²) >= 11 is 0. The molecule has 42 heavy (non-hydrogen) atoms. The third kappa shape index (κ3) is 5.82. The third-order valence-corrected chi connectivity index (χ3v) is 6.95. The van der Waals surface area contributed by atoms with Crippen LogP contribution in [0, 0.1) is 11.6 Å². The van der Waals surface area contributed by atoms with Crippen LogP contribution < -0.4 is 10.9 Å². The van der Waals surface area contributed by atoms with Gasteiger partial charge in [-0.25, -0.2) is 13.8 Å². The summed E-state index contributed by atoms with van der Waals surface area (Å²) in [5, 5.41) is 25.8. The van der Waals surface area contributed by atoms with Gasteiger partial charge >= 0.3 is 5.97 Å². The lowest BCUT2D eigenvalue weighted by Crippen LogP contribution is -2.40. The van der Waals surface area contributed by atoms with Crippen molar-refractivity contribution in [1.82, 2.24) is 9.55 Å². The van der Waals surface area contributed by atoms with Crippen molar-refractivity contribution >= 4 is 34.2 Å². The normalized spacial score (nSPS) is 16.2. The highest BCUT2D eigenvalue weighted by molar-refractivity contribution is 6.09. The number of carboxylic acids is 1. The van der Waals surface area contributed by atoms with Crippen molar-refractivity contribution in [3.05, 3.63) is 94.0 Å². The molecular weight excluding hydrogens is 550 g/mol. The molecule has 2 heterocycles. The Hall–Kier alpha value is -5.13. The Bertz CT molecular complexity index is 1790. The Morgan fingerprint density at radius 1 is 1.05 bits per heavy atom. The second kappa shape index (κ2) is 11.4. The number of nitrogens with zero attached hydrogens (tertiary/aromatic N) is 3. The van der Waals surface area contributed by atoms with Gasteiger partial charge in [0.25, 0.3) is 11.5 Å². The summed E-state index contributed by atoms with van der Waals surface area (Å²) in [6.07, 6.45) is 1.19. The number of carbonyl (C=O) groups excluding carboxylic acids is 1. The fourth-order valence-corrected chi connectivity index (χ4v) is 4.68. The average Bonchev–Trinajstić information content (AvgIpc) is 3.36. The molecule has 0 bridgehead atoms. The molecule has 1 aromatic heterocycles. The number of fused-ring (bicyclic) bond motifs is 1. The van der Waals surface area contributed by atoms with Gasteiger partial charge in [-0.05, 0) is 68.3 Å². The van der Waals surface area contributed by atoms with E-state index in [1.54, 1.807) is 18.2 Å². The van der Waals surface area contributed by atoms with Crippen molar-refractivity contribution in [1.29, 1.82) is 0 Å². The number of aromatic nitrogens is 2. The molecule has 0 saturated carbocycles. The fraction of sp³-hybridized carbons (Fsp3) is 0.233. The zero-order chi connectivity index (χ0) is 30.0. The smallest absolute Gasteiger partial charge is 0.303 e. The van der Waals surface area contributed by atoms with E-state index < -0.39 is 34.9 Å². The average molecular weight is 577 g/mol.